The number of rotatable bonds is 5. The van der Waals surface area contributed by atoms with Gasteiger partial charge in [0.1, 0.15) is 0 Å². The van der Waals surface area contributed by atoms with E-state index in [1.54, 1.807) is 0 Å². The number of anilines is 4. The molecular weight excluding hydrogens is 845 g/mol. The lowest BCUT2D eigenvalue weighted by atomic mass is 9.61. The van der Waals surface area contributed by atoms with Crippen molar-refractivity contribution in [3.63, 3.8) is 0 Å². The van der Waals surface area contributed by atoms with Crippen LogP contribution in [-0.4, -0.2) is 11.1 Å². The lowest BCUT2D eigenvalue weighted by Crippen LogP contribution is -2.54. The molecule has 14 rings (SSSR count). The predicted octanol–water partition coefficient (Wildman–Crippen LogP) is 18.8. The van der Waals surface area contributed by atoms with Gasteiger partial charge < -0.3 is 9.80 Å². The fraction of sp³-hybridized carbons (Fsp3) is 0.235. The molecule has 2 fully saturated rings. The van der Waals surface area contributed by atoms with Crippen LogP contribution in [0.4, 0.5) is 22.7 Å². The third-order valence-electron chi connectivity index (χ3n) is 18.9. The van der Waals surface area contributed by atoms with Gasteiger partial charge in [0.05, 0.1) is 11.1 Å². The third-order valence-corrected chi connectivity index (χ3v) is 18.9. The van der Waals surface area contributed by atoms with E-state index in [-0.39, 0.29) is 21.9 Å². The molecule has 10 aromatic carbocycles. The van der Waals surface area contributed by atoms with Crippen molar-refractivity contribution in [2.75, 3.05) is 9.80 Å². The Balaban J connectivity index is 1.09. The van der Waals surface area contributed by atoms with Crippen LogP contribution >= 0.6 is 0 Å². The standard InChI is InChI=1S/C68H60N2/c1-65-36-18-20-38-67(65,3)69(49-25-10-6-11-26-49)61-34-32-47(41-59(61)65)63-52-30-16-17-31-53(52)64(48-33-35-62-60(42-48)66(2)37-19-21-39-68(66,4)70(62)50-27-12-7-13-28-50)58-44-56-54(45-22-8-5-9-23-45)40-46-24-14-15-29-51(46)55(56)43-57(58)63/h5-17,22-35,40-44H,18-21,36-39H2,1-4H3. The fourth-order valence-corrected chi connectivity index (χ4v) is 15.0. The molecule has 0 N–H and O–H groups in total. The van der Waals surface area contributed by atoms with Gasteiger partial charge in [-0.3, -0.25) is 0 Å². The number of nitrogens with zero attached hydrogens (tertiary/aromatic N) is 2. The van der Waals surface area contributed by atoms with Crippen molar-refractivity contribution in [2.45, 2.75) is 101 Å². The van der Waals surface area contributed by atoms with E-state index in [0.717, 1.165) is 0 Å². The summed E-state index contributed by atoms with van der Waals surface area (Å²) in [6.07, 6.45) is 9.73. The van der Waals surface area contributed by atoms with Crippen LogP contribution in [0.15, 0.2) is 194 Å². The second-order valence-electron chi connectivity index (χ2n) is 22.2. The quantitative estimate of drug-likeness (QED) is 0.125. The van der Waals surface area contributed by atoms with Crippen LogP contribution in [0.5, 0.6) is 0 Å². The molecule has 342 valence electrons. The molecule has 0 bridgehead atoms. The first-order valence-electron chi connectivity index (χ1n) is 26.1. The van der Waals surface area contributed by atoms with Gasteiger partial charge in [-0.2, -0.15) is 0 Å². The van der Waals surface area contributed by atoms with Gasteiger partial charge in [0.15, 0.2) is 0 Å². The highest BCUT2D eigenvalue weighted by Crippen LogP contribution is 2.63. The van der Waals surface area contributed by atoms with Gasteiger partial charge in [0, 0.05) is 33.6 Å². The molecule has 0 saturated heterocycles. The number of fused-ring (bicyclic) bond motifs is 11. The van der Waals surface area contributed by atoms with Gasteiger partial charge in [0.2, 0.25) is 0 Å². The molecule has 70 heavy (non-hydrogen) atoms. The summed E-state index contributed by atoms with van der Waals surface area (Å²) in [5.41, 5.74) is 16.0. The van der Waals surface area contributed by atoms with Gasteiger partial charge in [-0.25, -0.2) is 0 Å². The Morgan fingerprint density at radius 1 is 0.329 bits per heavy atom. The topological polar surface area (TPSA) is 6.48 Å². The Kier molecular flexibility index (Phi) is 9.05. The Labute approximate surface area is 413 Å². The Bertz CT molecular complexity index is 3750. The van der Waals surface area contributed by atoms with Crippen LogP contribution in [0, 0.1) is 0 Å². The number of benzene rings is 10. The average molecular weight is 905 g/mol. The summed E-state index contributed by atoms with van der Waals surface area (Å²) in [7, 11) is 0. The second-order valence-corrected chi connectivity index (χ2v) is 22.2. The molecular formula is C68H60N2. The molecule has 0 aromatic heterocycles. The van der Waals surface area contributed by atoms with E-state index in [1.165, 1.54) is 162 Å². The van der Waals surface area contributed by atoms with E-state index in [0.29, 0.717) is 0 Å². The van der Waals surface area contributed by atoms with E-state index in [2.05, 4.69) is 232 Å². The van der Waals surface area contributed by atoms with E-state index >= 15 is 0 Å². The average Bonchev–Trinajstić information content (AvgIpc) is 3.74. The zero-order chi connectivity index (χ0) is 47.0. The van der Waals surface area contributed by atoms with Crippen LogP contribution in [0.2, 0.25) is 0 Å². The Hall–Kier alpha value is -7.16. The molecule has 0 spiro atoms. The molecule has 4 unspecified atom stereocenters. The molecule has 2 heteroatoms. The van der Waals surface area contributed by atoms with Gasteiger partial charge in [-0.15, -0.1) is 0 Å². The predicted molar refractivity (Wildman–Crippen MR) is 298 cm³/mol. The minimum absolute atomic E-state index is 0.00670. The molecule has 2 nitrogen and oxygen atoms in total. The summed E-state index contributed by atoms with van der Waals surface area (Å²) in [6, 6.07) is 74.6. The van der Waals surface area contributed by atoms with Crippen LogP contribution in [0.3, 0.4) is 0 Å². The van der Waals surface area contributed by atoms with E-state index in [9.17, 15) is 0 Å². The maximum absolute atomic E-state index is 2.71. The number of para-hydroxylation sites is 2. The molecule has 2 saturated carbocycles. The summed E-state index contributed by atoms with van der Waals surface area (Å²) in [5, 5.41) is 10.4. The lowest BCUT2D eigenvalue weighted by Gasteiger charge is -2.50. The Morgan fingerprint density at radius 2 is 0.757 bits per heavy atom. The minimum atomic E-state index is -0.0297. The highest BCUT2D eigenvalue weighted by atomic mass is 15.3. The van der Waals surface area contributed by atoms with E-state index < -0.39 is 0 Å². The first-order chi connectivity index (χ1) is 34.2. The minimum Gasteiger partial charge on any atom is -0.334 e. The zero-order valence-electron chi connectivity index (χ0n) is 41.0. The maximum Gasteiger partial charge on any atom is 0.0517 e. The largest absolute Gasteiger partial charge is 0.334 e. The van der Waals surface area contributed by atoms with Crippen molar-refractivity contribution >= 4 is 65.8 Å². The van der Waals surface area contributed by atoms with Crippen molar-refractivity contribution in [1.82, 2.24) is 0 Å². The molecule has 10 aromatic rings. The molecule has 0 radical (unpaired) electrons. The van der Waals surface area contributed by atoms with Crippen LogP contribution in [0.25, 0.3) is 76.5 Å². The molecule has 4 atom stereocenters. The SMILES string of the molecule is CC12CCCCC1(C)N(c1ccccc1)c1ccc(-c3c4ccccc4c(-c4ccc5c(c4)C4(C)CCCCC4(C)N5c4ccccc4)c4cc5c(cc34)c(-c3ccccc3)cc3ccccc35)cc12. The summed E-state index contributed by atoms with van der Waals surface area (Å²) < 4.78 is 0. The van der Waals surface area contributed by atoms with Crippen molar-refractivity contribution in [1.29, 1.82) is 0 Å². The van der Waals surface area contributed by atoms with Crippen molar-refractivity contribution in [2.24, 2.45) is 0 Å². The van der Waals surface area contributed by atoms with Crippen LogP contribution < -0.4 is 9.80 Å². The first kappa shape index (κ1) is 41.8. The van der Waals surface area contributed by atoms with Crippen molar-refractivity contribution < 1.29 is 0 Å². The Morgan fingerprint density at radius 3 is 1.27 bits per heavy atom. The summed E-state index contributed by atoms with van der Waals surface area (Å²) >= 11 is 0. The molecule has 4 aliphatic rings. The van der Waals surface area contributed by atoms with E-state index in [1.807, 2.05) is 0 Å². The summed E-state index contributed by atoms with van der Waals surface area (Å²) in [5.74, 6) is 0. The number of hydrogen-bond acceptors (Lipinski definition) is 2. The maximum atomic E-state index is 2.71. The van der Waals surface area contributed by atoms with Crippen molar-refractivity contribution in [3.8, 4) is 33.4 Å². The highest BCUT2D eigenvalue weighted by Gasteiger charge is 2.59. The monoisotopic (exact) mass is 904 g/mol. The van der Waals surface area contributed by atoms with Crippen LogP contribution in [-0.2, 0) is 10.8 Å². The van der Waals surface area contributed by atoms with Crippen molar-refractivity contribution in [3.05, 3.63) is 205 Å². The zero-order valence-corrected chi connectivity index (χ0v) is 41.0. The van der Waals surface area contributed by atoms with Crippen LogP contribution in [0.1, 0.15) is 90.2 Å². The molecule has 2 aliphatic heterocycles. The van der Waals surface area contributed by atoms with Gasteiger partial charge in [0.25, 0.3) is 0 Å². The molecule has 0 amide bonds. The molecule has 2 heterocycles. The van der Waals surface area contributed by atoms with E-state index in [4.69, 9.17) is 0 Å². The fourth-order valence-electron chi connectivity index (χ4n) is 15.0. The normalized spacial score (nSPS) is 23.7. The van der Waals surface area contributed by atoms with Gasteiger partial charge >= 0.3 is 0 Å². The van der Waals surface area contributed by atoms with Gasteiger partial charge in [-0.05, 0) is 194 Å². The van der Waals surface area contributed by atoms with Gasteiger partial charge in [-0.1, -0.05) is 167 Å². The smallest absolute Gasteiger partial charge is 0.0517 e. The summed E-state index contributed by atoms with van der Waals surface area (Å²) in [4.78, 5) is 5.42. The lowest BCUT2D eigenvalue weighted by molar-refractivity contribution is 0.195. The highest BCUT2D eigenvalue weighted by molar-refractivity contribution is 6.27. The summed E-state index contributed by atoms with van der Waals surface area (Å²) in [6.45, 7) is 10.2. The number of hydrogen-bond donors (Lipinski definition) is 0. The molecule has 2 aliphatic carbocycles. The first-order valence-corrected chi connectivity index (χ1v) is 26.1. The third kappa shape index (κ3) is 5.62. The second kappa shape index (κ2) is 15.2.